The summed E-state index contributed by atoms with van der Waals surface area (Å²) < 4.78 is 10.9. The van der Waals surface area contributed by atoms with Crippen molar-refractivity contribution in [3.8, 4) is 11.8 Å². The number of anilines is 1. The highest BCUT2D eigenvalue weighted by molar-refractivity contribution is 5.52. The van der Waals surface area contributed by atoms with Crippen LogP contribution in [0.4, 0.5) is 5.69 Å². The Hall–Kier alpha value is -1.73. The first-order chi connectivity index (χ1) is 9.07. The van der Waals surface area contributed by atoms with Gasteiger partial charge in [0, 0.05) is 24.6 Å². The van der Waals surface area contributed by atoms with Gasteiger partial charge in [0.2, 0.25) is 0 Å². The Bertz CT molecular complexity index is 471. The fraction of sp³-hybridized carbons (Fsp3) is 0.533. The first-order valence-corrected chi connectivity index (χ1v) is 6.56. The molecule has 102 valence electrons. The van der Waals surface area contributed by atoms with E-state index in [4.69, 9.17) is 9.47 Å². The molecule has 0 aliphatic carbocycles. The number of hydrogen-bond acceptors (Lipinski definition) is 4. The lowest BCUT2D eigenvalue weighted by Crippen LogP contribution is -2.47. The number of rotatable bonds is 3. The zero-order valence-electron chi connectivity index (χ0n) is 11.6. The standard InChI is InChI=1S/C15H20N2O2/c1-11-8-15(10-16,9-12(2)19-11)17-13-5-4-6-14(7-13)18-3/h4-7,11-12,17H,8-9H2,1-3H3. The van der Waals surface area contributed by atoms with Crippen molar-refractivity contribution in [3.05, 3.63) is 24.3 Å². The van der Waals surface area contributed by atoms with E-state index in [9.17, 15) is 5.26 Å². The molecule has 1 N–H and O–H groups in total. The van der Waals surface area contributed by atoms with Gasteiger partial charge in [0.05, 0.1) is 25.4 Å². The molecule has 1 aliphatic heterocycles. The van der Waals surface area contributed by atoms with Crippen LogP contribution in [-0.4, -0.2) is 24.9 Å². The number of nitrogens with zero attached hydrogens (tertiary/aromatic N) is 1. The van der Waals surface area contributed by atoms with Crippen LogP contribution in [0.3, 0.4) is 0 Å². The lowest BCUT2D eigenvalue weighted by molar-refractivity contribution is -0.0451. The highest BCUT2D eigenvalue weighted by atomic mass is 16.5. The van der Waals surface area contributed by atoms with Crippen molar-refractivity contribution in [1.82, 2.24) is 0 Å². The molecule has 0 radical (unpaired) electrons. The SMILES string of the molecule is COc1cccc(NC2(C#N)CC(C)OC(C)C2)c1. The summed E-state index contributed by atoms with van der Waals surface area (Å²) in [6.45, 7) is 4.02. The van der Waals surface area contributed by atoms with E-state index < -0.39 is 5.54 Å². The number of ether oxygens (including phenoxy) is 2. The van der Waals surface area contributed by atoms with Gasteiger partial charge in [0.25, 0.3) is 0 Å². The summed E-state index contributed by atoms with van der Waals surface area (Å²) in [5.74, 6) is 0.784. The normalized spacial score (nSPS) is 30.4. The third-order valence-electron chi connectivity index (χ3n) is 3.40. The van der Waals surface area contributed by atoms with Crippen molar-refractivity contribution in [3.63, 3.8) is 0 Å². The van der Waals surface area contributed by atoms with Gasteiger partial charge in [0.15, 0.2) is 0 Å². The average molecular weight is 260 g/mol. The smallest absolute Gasteiger partial charge is 0.130 e. The summed E-state index contributed by atoms with van der Waals surface area (Å²) in [6, 6.07) is 10.1. The van der Waals surface area contributed by atoms with Crippen molar-refractivity contribution in [1.29, 1.82) is 5.26 Å². The van der Waals surface area contributed by atoms with E-state index in [2.05, 4.69) is 11.4 Å². The monoisotopic (exact) mass is 260 g/mol. The number of nitriles is 1. The molecule has 1 saturated heterocycles. The molecule has 1 heterocycles. The summed E-state index contributed by atoms with van der Waals surface area (Å²) >= 11 is 0. The molecule has 0 spiro atoms. The van der Waals surface area contributed by atoms with Gasteiger partial charge in [-0.25, -0.2) is 0 Å². The molecule has 1 aromatic carbocycles. The Morgan fingerprint density at radius 1 is 1.37 bits per heavy atom. The third-order valence-corrected chi connectivity index (χ3v) is 3.40. The Labute approximate surface area is 114 Å². The molecule has 1 aromatic rings. The van der Waals surface area contributed by atoms with Gasteiger partial charge in [0.1, 0.15) is 11.3 Å². The second-order valence-electron chi connectivity index (χ2n) is 5.22. The van der Waals surface area contributed by atoms with E-state index in [-0.39, 0.29) is 12.2 Å². The number of hydrogen-bond donors (Lipinski definition) is 1. The Morgan fingerprint density at radius 3 is 2.63 bits per heavy atom. The van der Waals surface area contributed by atoms with Crippen LogP contribution in [0.25, 0.3) is 0 Å². The molecule has 0 amide bonds. The molecule has 4 nitrogen and oxygen atoms in total. The lowest BCUT2D eigenvalue weighted by Gasteiger charge is -2.39. The molecule has 2 unspecified atom stereocenters. The fourth-order valence-corrected chi connectivity index (χ4v) is 2.76. The average Bonchev–Trinajstić information content (AvgIpc) is 2.37. The first-order valence-electron chi connectivity index (χ1n) is 6.56. The molecule has 0 bridgehead atoms. The minimum absolute atomic E-state index is 0.0847. The molecule has 1 aliphatic rings. The van der Waals surface area contributed by atoms with Crippen LogP contribution in [0.5, 0.6) is 5.75 Å². The van der Waals surface area contributed by atoms with Gasteiger partial charge >= 0.3 is 0 Å². The number of methoxy groups -OCH3 is 1. The van der Waals surface area contributed by atoms with Crippen molar-refractivity contribution in [2.75, 3.05) is 12.4 Å². The van der Waals surface area contributed by atoms with E-state index in [0.29, 0.717) is 12.8 Å². The van der Waals surface area contributed by atoms with Crippen molar-refractivity contribution < 1.29 is 9.47 Å². The highest BCUT2D eigenvalue weighted by Gasteiger charge is 2.39. The molecule has 0 aromatic heterocycles. The molecule has 0 saturated carbocycles. The molecule has 2 rings (SSSR count). The Balaban J connectivity index is 2.20. The van der Waals surface area contributed by atoms with Crippen molar-refractivity contribution >= 4 is 5.69 Å². The lowest BCUT2D eigenvalue weighted by atomic mass is 9.85. The summed E-state index contributed by atoms with van der Waals surface area (Å²) in [5, 5.41) is 12.9. The minimum atomic E-state index is -0.566. The summed E-state index contributed by atoms with van der Waals surface area (Å²) in [4.78, 5) is 0. The maximum absolute atomic E-state index is 9.57. The van der Waals surface area contributed by atoms with Gasteiger partial charge in [-0.05, 0) is 26.0 Å². The molecule has 1 fully saturated rings. The van der Waals surface area contributed by atoms with Crippen LogP contribution in [0.15, 0.2) is 24.3 Å². The van der Waals surface area contributed by atoms with Gasteiger partial charge in [-0.15, -0.1) is 0 Å². The topological polar surface area (TPSA) is 54.3 Å². The Kier molecular flexibility index (Phi) is 3.96. The van der Waals surface area contributed by atoms with Crippen LogP contribution in [0, 0.1) is 11.3 Å². The quantitative estimate of drug-likeness (QED) is 0.907. The van der Waals surface area contributed by atoms with E-state index in [0.717, 1.165) is 11.4 Å². The van der Waals surface area contributed by atoms with E-state index >= 15 is 0 Å². The second-order valence-corrected chi connectivity index (χ2v) is 5.22. The second kappa shape index (κ2) is 5.50. The zero-order chi connectivity index (χ0) is 13.9. The third kappa shape index (κ3) is 3.18. The van der Waals surface area contributed by atoms with Crippen LogP contribution < -0.4 is 10.1 Å². The maximum atomic E-state index is 9.57. The molecule has 2 atom stereocenters. The number of benzene rings is 1. The number of nitrogens with one attached hydrogen (secondary N) is 1. The van der Waals surface area contributed by atoms with E-state index in [1.54, 1.807) is 7.11 Å². The zero-order valence-corrected chi connectivity index (χ0v) is 11.6. The first kappa shape index (κ1) is 13.7. The van der Waals surface area contributed by atoms with Crippen LogP contribution in [-0.2, 0) is 4.74 Å². The largest absolute Gasteiger partial charge is 0.497 e. The molecular formula is C15H20N2O2. The molecule has 4 heteroatoms. The van der Waals surface area contributed by atoms with Gasteiger partial charge in [-0.3, -0.25) is 0 Å². The van der Waals surface area contributed by atoms with Gasteiger partial charge < -0.3 is 14.8 Å². The van der Waals surface area contributed by atoms with Crippen molar-refractivity contribution in [2.24, 2.45) is 0 Å². The highest BCUT2D eigenvalue weighted by Crippen LogP contribution is 2.32. The predicted octanol–water partition coefficient (Wildman–Crippen LogP) is 2.96. The Morgan fingerprint density at radius 2 is 2.05 bits per heavy atom. The molecule has 19 heavy (non-hydrogen) atoms. The van der Waals surface area contributed by atoms with Crippen LogP contribution in [0.1, 0.15) is 26.7 Å². The predicted molar refractivity (Wildman–Crippen MR) is 74.2 cm³/mol. The maximum Gasteiger partial charge on any atom is 0.130 e. The fourth-order valence-electron chi connectivity index (χ4n) is 2.76. The summed E-state index contributed by atoms with van der Waals surface area (Å²) in [5.41, 5.74) is 0.339. The minimum Gasteiger partial charge on any atom is -0.497 e. The van der Waals surface area contributed by atoms with Gasteiger partial charge in [-0.1, -0.05) is 6.07 Å². The van der Waals surface area contributed by atoms with Crippen LogP contribution in [0.2, 0.25) is 0 Å². The van der Waals surface area contributed by atoms with Gasteiger partial charge in [-0.2, -0.15) is 5.26 Å². The van der Waals surface area contributed by atoms with E-state index in [1.807, 2.05) is 38.1 Å². The van der Waals surface area contributed by atoms with Crippen molar-refractivity contribution in [2.45, 2.75) is 44.4 Å². The van der Waals surface area contributed by atoms with Crippen LogP contribution >= 0.6 is 0 Å². The summed E-state index contributed by atoms with van der Waals surface area (Å²) in [6.07, 6.45) is 1.54. The van der Waals surface area contributed by atoms with E-state index in [1.165, 1.54) is 0 Å². The molecular weight excluding hydrogens is 240 g/mol. The summed E-state index contributed by atoms with van der Waals surface area (Å²) in [7, 11) is 1.64.